The smallest absolute Gasteiger partial charge is 0.161 e. The van der Waals surface area contributed by atoms with Crippen molar-refractivity contribution >= 4 is 11.8 Å². The van der Waals surface area contributed by atoms with E-state index >= 15 is 0 Å². The molecule has 90 valence electrons. The molecule has 0 radical (unpaired) electrons. The maximum atomic E-state index is 9.20. The van der Waals surface area contributed by atoms with Crippen LogP contribution in [0.25, 0.3) is 0 Å². The van der Waals surface area contributed by atoms with Gasteiger partial charge in [-0.3, -0.25) is 0 Å². The summed E-state index contributed by atoms with van der Waals surface area (Å²) in [7, 11) is 3.24. The van der Waals surface area contributed by atoms with E-state index in [0.717, 1.165) is 29.9 Å². The molecule has 1 aromatic rings. The quantitative estimate of drug-likeness (QED) is 0.821. The van der Waals surface area contributed by atoms with E-state index in [0.29, 0.717) is 5.75 Å². The lowest BCUT2D eigenvalue weighted by atomic mass is 9.86. The molecule has 0 bridgehead atoms. The third kappa shape index (κ3) is 2.34. The zero-order chi connectivity index (χ0) is 12.3. The van der Waals surface area contributed by atoms with Gasteiger partial charge in [0.25, 0.3) is 0 Å². The van der Waals surface area contributed by atoms with Crippen LogP contribution >= 0.6 is 11.8 Å². The van der Waals surface area contributed by atoms with Crippen molar-refractivity contribution in [2.24, 2.45) is 0 Å². The molecule has 0 aliphatic heterocycles. The Kier molecular flexibility index (Phi) is 3.49. The first-order valence-corrected chi connectivity index (χ1v) is 6.37. The minimum absolute atomic E-state index is 0.223. The van der Waals surface area contributed by atoms with Crippen LogP contribution in [0.4, 0.5) is 0 Å². The molecule has 4 heteroatoms. The fourth-order valence-electron chi connectivity index (χ4n) is 1.84. The molecular weight excluding hydrogens is 234 g/mol. The molecule has 0 saturated heterocycles. The Balaban J connectivity index is 2.20. The van der Waals surface area contributed by atoms with Gasteiger partial charge in [-0.1, -0.05) is 0 Å². The van der Waals surface area contributed by atoms with Crippen LogP contribution in [0.5, 0.6) is 11.5 Å². The number of rotatable bonds is 4. The van der Waals surface area contributed by atoms with E-state index in [9.17, 15) is 5.26 Å². The topological polar surface area (TPSA) is 42.2 Å². The number of thioether (sulfide) groups is 1. The van der Waals surface area contributed by atoms with E-state index in [4.69, 9.17) is 9.47 Å². The zero-order valence-electron chi connectivity index (χ0n) is 10.0. The van der Waals surface area contributed by atoms with Gasteiger partial charge in [-0.25, -0.2) is 0 Å². The van der Waals surface area contributed by atoms with Gasteiger partial charge in [0.2, 0.25) is 0 Å². The van der Waals surface area contributed by atoms with Crippen LogP contribution in [0.2, 0.25) is 0 Å². The second-order valence-electron chi connectivity index (χ2n) is 4.08. The number of benzene rings is 1. The molecule has 0 heterocycles. The van der Waals surface area contributed by atoms with E-state index in [-0.39, 0.29) is 4.75 Å². The fourth-order valence-corrected chi connectivity index (χ4v) is 3.13. The van der Waals surface area contributed by atoms with Crippen molar-refractivity contribution in [3.63, 3.8) is 0 Å². The fraction of sp³-hybridized carbons (Fsp3) is 0.462. The zero-order valence-corrected chi connectivity index (χ0v) is 10.8. The molecule has 1 aromatic carbocycles. The van der Waals surface area contributed by atoms with Crippen LogP contribution in [-0.2, 0) is 0 Å². The third-order valence-electron chi connectivity index (χ3n) is 3.03. The highest BCUT2D eigenvalue weighted by Gasteiger charge is 2.38. The molecule has 2 rings (SSSR count). The van der Waals surface area contributed by atoms with E-state index < -0.39 is 0 Å². The molecule has 0 aromatic heterocycles. The number of nitriles is 1. The van der Waals surface area contributed by atoms with Crippen molar-refractivity contribution in [1.82, 2.24) is 0 Å². The number of nitrogens with zero attached hydrogens (tertiary/aromatic N) is 1. The number of methoxy groups -OCH3 is 2. The SMILES string of the molecule is COc1ccc(SC2(C#N)CCC2)cc1OC. The van der Waals surface area contributed by atoms with Gasteiger partial charge < -0.3 is 9.47 Å². The highest BCUT2D eigenvalue weighted by atomic mass is 32.2. The minimum Gasteiger partial charge on any atom is -0.493 e. The lowest BCUT2D eigenvalue weighted by Crippen LogP contribution is -2.30. The van der Waals surface area contributed by atoms with Gasteiger partial charge in [-0.05, 0) is 37.5 Å². The number of hydrogen-bond donors (Lipinski definition) is 0. The standard InChI is InChI=1S/C13H15NO2S/c1-15-11-5-4-10(8-12(11)16-2)17-13(9-14)6-3-7-13/h4-5,8H,3,6-7H2,1-2H3. The Morgan fingerprint density at radius 2 is 1.94 bits per heavy atom. The first-order chi connectivity index (χ1) is 8.23. The van der Waals surface area contributed by atoms with Crippen molar-refractivity contribution in [2.75, 3.05) is 14.2 Å². The third-order valence-corrected chi connectivity index (χ3v) is 4.41. The predicted octanol–water partition coefficient (Wildman–Crippen LogP) is 3.24. The van der Waals surface area contributed by atoms with Gasteiger partial charge >= 0.3 is 0 Å². The van der Waals surface area contributed by atoms with Gasteiger partial charge in [0.15, 0.2) is 11.5 Å². The normalized spacial score (nSPS) is 16.8. The summed E-state index contributed by atoms with van der Waals surface area (Å²) in [6, 6.07) is 8.21. The van der Waals surface area contributed by atoms with Crippen LogP contribution in [0.3, 0.4) is 0 Å². The summed E-state index contributed by atoms with van der Waals surface area (Å²) in [5, 5.41) is 9.20. The molecule has 1 saturated carbocycles. The Morgan fingerprint density at radius 3 is 2.41 bits per heavy atom. The van der Waals surface area contributed by atoms with E-state index in [2.05, 4.69) is 6.07 Å². The monoisotopic (exact) mass is 249 g/mol. The molecule has 1 aliphatic rings. The van der Waals surface area contributed by atoms with Crippen LogP contribution in [0, 0.1) is 11.3 Å². The molecule has 0 spiro atoms. The van der Waals surface area contributed by atoms with Crippen molar-refractivity contribution < 1.29 is 9.47 Å². The molecule has 17 heavy (non-hydrogen) atoms. The van der Waals surface area contributed by atoms with Gasteiger partial charge in [0.05, 0.1) is 20.3 Å². The molecule has 0 N–H and O–H groups in total. The van der Waals surface area contributed by atoms with Crippen molar-refractivity contribution in [2.45, 2.75) is 28.9 Å². The van der Waals surface area contributed by atoms with Gasteiger partial charge in [0.1, 0.15) is 4.75 Å². The van der Waals surface area contributed by atoms with Crippen LogP contribution in [0.15, 0.2) is 23.1 Å². The van der Waals surface area contributed by atoms with Gasteiger partial charge in [0, 0.05) is 4.90 Å². The lowest BCUT2D eigenvalue weighted by molar-refractivity contribution is 0.354. The Labute approximate surface area is 106 Å². The molecular formula is C13H15NO2S. The molecule has 0 atom stereocenters. The summed E-state index contributed by atoms with van der Waals surface area (Å²) in [4.78, 5) is 1.06. The molecule has 1 aliphatic carbocycles. The highest BCUT2D eigenvalue weighted by Crippen LogP contribution is 2.48. The maximum Gasteiger partial charge on any atom is 0.161 e. The molecule has 1 fully saturated rings. The predicted molar refractivity (Wildman–Crippen MR) is 67.6 cm³/mol. The summed E-state index contributed by atoms with van der Waals surface area (Å²) < 4.78 is 10.2. The van der Waals surface area contributed by atoms with E-state index in [1.165, 1.54) is 0 Å². The molecule has 0 amide bonds. The Morgan fingerprint density at radius 1 is 1.24 bits per heavy atom. The Hall–Kier alpha value is -1.34. The summed E-state index contributed by atoms with van der Waals surface area (Å²) in [5.74, 6) is 1.43. The summed E-state index contributed by atoms with van der Waals surface area (Å²) in [6.07, 6.45) is 3.10. The van der Waals surface area contributed by atoms with Crippen molar-refractivity contribution in [1.29, 1.82) is 5.26 Å². The number of hydrogen-bond acceptors (Lipinski definition) is 4. The average Bonchev–Trinajstić information content (AvgIpc) is 2.33. The van der Waals surface area contributed by atoms with Gasteiger partial charge in [-0.15, -0.1) is 11.8 Å². The Bertz CT molecular complexity index is 449. The van der Waals surface area contributed by atoms with Crippen molar-refractivity contribution in [3.8, 4) is 17.6 Å². The molecule has 3 nitrogen and oxygen atoms in total. The van der Waals surface area contributed by atoms with E-state index in [1.54, 1.807) is 26.0 Å². The maximum absolute atomic E-state index is 9.20. The van der Waals surface area contributed by atoms with Gasteiger partial charge in [-0.2, -0.15) is 5.26 Å². The second-order valence-corrected chi connectivity index (χ2v) is 5.54. The highest BCUT2D eigenvalue weighted by molar-refractivity contribution is 8.01. The minimum atomic E-state index is -0.223. The number of ether oxygens (including phenoxy) is 2. The molecule has 0 unspecified atom stereocenters. The van der Waals surface area contributed by atoms with Crippen LogP contribution in [-0.4, -0.2) is 19.0 Å². The second kappa shape index (κ2) is 4.89. The van der Waals surface area contributed by atoms with Crippen LogP contribution < -0.4 is 9.47 Å². The summed E-state index contributed by atoms with van der Waals surface area (Å²) >= 11 is 1.63. The summed E-state index contributed by atoms with van der Waals surface area (Å²) in [6.45, 7) is 0. The lowest BCUT2D eigenvalue weighted by Gasteiger charge is -2.34. The first kappa shape index (κ1) is 12.1. The largest absolute Gasteiger partial charge is 0.493 e. The first-order valence-electron chi connectivity index (χ1n) is 5.55. The average molecular weight is 249 g/mol. The van der Waals surface area contributed by atoms with E-state index in [1.807, 2.05) is 18.2 Å². The summed E-state index contributed by atoms with van der Waals surface area (Å²) in [5.41, 5.74) is 0. The van der Waals surface area contributed by atoms with Crippen LogP contribution in [0.1, 0.15) is 19.3 Å². The van der Waals surface area contributed by atoms with Crippen molar-refractivity contribution in [3.05, 3.63) is 18.2 Å².